The summed E-state index contributed by atoms with van der Waals surface area (Å²) in [6, 6.07) is 3.15. The van der Waals surface area contributed by atoms with Crippen molar-refractivity contribution in [3.05, 3.63) is 47.3 Å². The molecule has 0 spiro atoms. The van der Waals surface area contributed by atoms with Crippen LogP contribution in [0.1, 0.15) is 26.3 Å². The van der Waals surface area contributed by atoms with Gasteiger partial charge in [0.2, 0.25) is 0 Å². The number of halogens is 1. The van der Waals surface area contributed by atoms with Crippen LogP contribution in [0.5, 0.6) is 5.75 Å². The lowest BCUT2D eigenvalue weighted by atomic mass is 10.1. The predicted molar refractivity (Wildman–Crippen MR) is 78.8 cm³/mol. The Morgan fingerprint density at radius 1 is 1.42 bits per heavy atom. The van der Waals surface area contributed by atoms with Crippen LogP contribution in [0.4, 0.5) is 10.1 Å². The fourth-order valence-electron chi connectivity index (χ4n) is 1.55. The molecular weight excluding hydrogens is 241 g/mol. The van der Waals surface area contributed by atoms with Crippen molar-refractivity contribution in [2.24, 2.45) is 5.92 Å². The van der Waals surface area contributed by atoms with E-state index in [1.807, 2.05) is 26.0 Å². The molecule has 1 rings (SSSR count). The lowest BCUT2D eigenvalue weighted by Gasteiger charge is -2.11. The second-order valence-corrected chi connectivity index (χ2v) is 4.91. The van der Waals surface area contributed by atoms with Gasteiger partial charge in [0.1, 0.15) is 23.9 Å². The van der Waals surface area contributed by atoms with E-state index in [0.717, 1.165) is 11.1 Å². The fourth-order valence-corrected chi connectivity index (χ4v) is 1.55. The summed E-state index contributed by atoms with van der Waals surface area (Å²) < 4.78 is 19.1. The van der Waals surface area contributed by atoms with Crippen LogP contribution in [0, 0.1) is 18.7 Å². The Hall–Kier alpha value is -1.77. The van der Waals surface area contributed by atoms with Crippen LogP contribution in [-0.4, -0.2) is 6.61 Å². The molecule has 0 saturated heterocycles. The second-order valence-electron chi connectivity index (χ2n) is 4.91. The van der Waals surface area contributed by atoms with Gasteiger partial charge in [0.15, 0.2) is 0 Å². The largest absolute Gasteiger partial charge is 0.487 e. The summed E-state index contributed by atoms with van der Waals surface area (Å²) in [6.07, 6.45) is 6.09. The first-order valence-corrected chi connectivity index (χ1v) is 6.45. The van der Waals surface area contributed by atoms with E-state index >= 15 is 0 Å². The first kappa shape index (κ1) is 15.3. The van der Waals surface area contributed by atoms with Gasteiger partial charge in [0, 0.05) is 0 Å². The third-order valence-corrected chi connectivity index (χ3v) is 2.70. The Balaban J connectivity index is 2.76. The summed E-state index contributed by atoms with van der Waals surface area (Å²) in [5.74, 6) is 0.445. The Morgan fingerprint density at radius 3 is 2.68 bits per heavy atom. The number of allylic oxidation sites excluding steroid dienone is 2. The molecule has 0 unspecified atom stereocenters. The summed E-state index contributed by atoms with van der Waals surface area (Å²) in [4.78, 5) is 0. The molecule has 0 saturated carbocycles. The summed E-state index contributed by atoms with van der Waals surface area (Å²) in [5.41, 5.74) is 7.56. The molecule has 19 heavy (non-hydrogen) atoms. The number of ether oxygens (including phenoxy) is 1. The maximum absolute atomic E-state index is 13.5. The lowest BCUT2D eigenvalue weighted by molar-refractivity contribution is 0.355. The minimum atomic E-state index is -0.435. The van der Waals surface area contributed by atoms with Gasteiger partial charge in [-0.15, -0.1) is 0 Å². The molecule has 0 aliphatic carbocycles. The number of nitrogens with two attached hydrogens (primary N) is 1. The molecule has 0 atom stereocenters. The molecule has 0 bridgehead atoms. The van der Waals surface area contributed by atoms with Gasteiger partial charge >= 0.3 is 0 Å². The van der Waals surface area contributed by atoms with Crippen LogP contribution in [0.25, 0.3) is 0 Å². The zero-order valence-electron chi connectivity index (χ0n) is 12.0. The number of aryl methyl sites for hydroxylation is 1. The quantitative estimate of drug-likeness (QED) is 0.636. The molecule has 1 aromatic carbocycles. The van der Waals surface area contributed by atoms with E-state index < -0.39 is 5.82 Å². The number of nitrogen functional groups attached to an aromatic ring is 1. The highest BCUT2D eigenvalue weighted by molar-refractivity contribution is 5.55. The van der Waals surface area contributed by atoms with Crippen LogP contribution in [-0.2, 0) is 0 Å². The number of anilines is 1. The van der Waals surface area contributed by atoms with Crippen LogP contribution in [0.3, 0.4) is 0 Å². The van der Waals surface area contributed by atoms with E-state index in [4.69, 9.17) is 10.5 Å². The van der Waals surface area contributed by atoms with Crippen LogP contribution in [0.15, 0.2) is 35.9 Å². The summed E-state index contributed by atoms with van der Waals surface area (Å²) >= 11 is 0. The normalized spacial score (nSPS) is 12.4. The van der Waals surface area contributed by atoms with E-state index in [0.29, 0.717) is 18.3 Å². The Labute approximate surface area is 114 Å². The number of rotatable bonds is 5. The molecule has 0 fully saturated rings. The maximum Gasteiger partial charge on any atom is 0.150 e. The molecule has 2 N–H and O–H groups in total. The summed E-state index contributed by atoms with van der Waals surface area (Å²) in [6.45, 7) is 8.36. The van der Waals surface area contributed by atoms with E-state index in [1.54, 1.807) is 6.07 Å². The Bertz CT molecular complexity index is 490. The van der Waals surface area contributed by atoms with Crippen molar-refractivity contribution >= 4 is 5.69 Å². The van der Waals surface area contributed by atoms with Crippen molar-refractivity contribution in [2.75, 3.05) is 12.3 Å². The Kier molecular flexibility index (Phi) is 5.61. The van der Waals surface area contributed by atoms with E-state index in [2.05, 4.69) is 19.9 Å². The van der Waals surface area contributed by atoms with E-state index in [1.165, 1.54) is 6.07 Å². The molecule has 0 radical (unpaired) electrons. The minimum absolute atomic E-state index is 0.0638. The van der Waals surface area contributed by atoms with Gasteiger partial charge < -0.3 is 10.5 Å². The van der Waals surface area contributed by atoms with Gasteiger partial charge in [0.25, 0.3) is 0 Å². The third kappa shape index (κ3) is 4.78. The number of hydrogen-bond acceptors (Lipinski definition) is 2. The van der Waals surface area contributed by atoms with Gasteiger partial charge in [0.05, 0.1) is 0 Å². The third-order valence-electron chi connectivity index (χ3n) is 2.70. The first-order chi connectivity index (χ1) is 8.93. The summed E-state index contributed by atoms with van der Waals surface area (Å²) in [7, 11) is 0. The van der Waals surface area contributed by atoms with Crippen molar-refractivity contribution in [2.45, 2.75) is 27.7 Å². The molecular formula is C16H22FNO. The van der Waals surface area contributed by atoms with Crippen molar-refractivity contribution in [1.29, 1.82) is 0 Å². The molecule has 0 aliphatic rings. The Morgan fingerprint density at radius 2 is 2.11 bits per heavy atom. The SMILES string of the molecule is C/C=C(\C=C/C(C)C)COc1cc(C)cc(F)c1N. The molecule has 104 valence electrons. The van der Waals surface area contributed by atoms with Crippen LogP contribution in [0.2, 0.25) is 0 Å². The first-order valence-electron chi connectivity index (χ1n) is 6.45. The second kappa shape index (κ2) is 6.98. The molecule has 0 amide bonds. The lowest BCUT2D eigenvalue weighted by Crippen LogP contribution is -2.04. The fraction of sp³-hybridized carbons (Fsp3) is 0.375. The number of benzene rings is 1. The monoisotopic (exact) mass is 263 g/mol. The molecule has 3 heteroatoms. The standard InChI is InChI=1S/C16H22FNO/c1-5-13(7-6-11(2)3)10-19-15-9-12(4)8-14(17)16(15)18/h5-9,11H,10,18H2,1-4H3/b7-6-,13-5+. The van der Waals surface area contributed by atoms with Gasteiger partial charge in [-0.25, -0.2) is 4.39 Å². The highest BCUT2D eigenvalue weighted by Gasteiger charge is 2.07. The van der Waals surface area contributed by atoms with E-state index in [-0.39, 0.29) is 5.69 Å². The number of hydrogen-bond donors (Lipinski definition) is 1. The topological polar surface area (TPSA) is 35.2 Å². The van der Waals surface area contributed by atoms with Crippen molar-refractivity contribution in [3.8, 4) is 5.75 Å². The highest BCUT2D eigenvalue weighted by atomic mass is 19.1. The molecule has 0 aromatic heterocycles. The van der Waals surface area contributed by atoms with Gasteiger partial charge in [-0.1, -0.05) is 32.1 Å². The summed E-state index contributed by atoms with van der Waals surface area (Å²) in [5, 5.41) is 0. The van der Waals surface area contributed by atoms with Crippen LogP contribution < -0.4 is 10.5 Å². The average molecular weight is 263 g/mol. The smallest absolute Gasteiger partial charge is 0.150 e. The molecule has 1 aromatic rings. The van der Waals surface area contributed by atoms with Crippen molar-refractivity contribution in [3.63, 3.8) is 0 Å². The van der Waals surface area contributed by atoms with Crippen molar-refractivity contribution < 1.29 is 9.13 Å². The molecule has 0 aliphatic heterocycles. The highest BCUT2D eigenvalue weighted by Crippen LogP contribution is 2.26. The maximum atomic E-state index is 13.5. The van der Waals surface area contributed by atoms with Crippen molar-refractivity contribution in [1.82, 2.24) is 0 Å². The average Bonchev–Trinajstić information content (AvgIpc) is 2.34. The van der Waals surface area contributed by atoms with Crippen LogP contribution >= 0.6 is 0 Å². The van der Waals surface area contributed by atoms with Gasteiger partial charge in [-0.05, 0) is 43.0 Å². The minimum Gasteiger partial charge on any atom is -0.487 e. The zero-order chi connectivity index (χ0) is 14.4. The van der Waals surface area contributed by atoms with Gasteiger partial charge in [-0.2, -0.15) is 0 Å². The van der Waals surface area contributed by atoms with Gasteiger partial charge in [-0.3, -0.25) is 0 Å². The van der Waals surface area contributed by atoms with E-state index in [9.17, 15) is 4.39 Å². The predicted octanol–water partition coefficient (Wildman–Crippen LogP) is 4.25. The molecule has 2 nitrogen and oxygen atoms in total. The zero-order valence-corrected chi connectivity index (χ0v) is 12.0. The molecule has 0 heterocycles.